The molecule has 0 bridgehead atoms. The van der Waals surface area contributed by atoms with E-state index in [0.717, 1.165) is 77.0 Å². The normalized spacial score (nSPS) is 11.3. The molecule has 0 aliphatic carbocycles. The highest BCUT2D eigenvalue weighted by Gasteiger charge is 2.26. The summed E-state index contributed by atoms with van der Waals surface area (Å²) in [7, 11) is 0. The van der Waals surface area contributed by atoms with Crippen LogP contribution in [0.2, 0.25) is 0 Å². The van der Waals surface area contributed by atoms with Gasteiger partial charge in [0.1, 0.15) is 0 Å². The van der Waals surface area contributed by atoms with E-state index in [1.165, 1.54) is 0 Å². The van der Waals surface area contributed by atoms with Crippen LogP contribution in [0.3, 0.4) is 0 Å². The minimum Gasteiger partial charge on any atom is -0.319 e. The summed E-state index contributed by atoms with van der Waals surface area (Å²) in [5.41, 5.74) is 10.7. The molecule has 0 aliphatic heterocycles. The fourth-order valence-electron chi connectivity index (χ4n) is 8.97. The molecule has 12 nitrogen and oxygen atoms in total. The number of rotatable bonds is 7. The molecular formula is C54H30N12. The summed E-state index contributed by atoms with van der Waals surface area (Å²) in [5.74, 6) is 2.39. The van der Waals surface area contributed by atoms with Crippen LogP contribution in [0.25, 0.3) is 117 Å². The number of hydrogen-bond acceptors (Lipinski definition) is 9. The van der Waals surface area contributed by atoms with E-state index in [0.29, 0.717) is 45.9 Å². The molecule has 12 rings (SSSR count). The van der Waals surface area contributed by atoms with Crippen LogP contribution in [0.4, 0.5) is 5.69 Å². The van der Waals surface area contributed by atoms with Gasteiger partial charge in [-0.3, -0.25) is 0 Å². The van der Waals surface area contributed by atoms with Crippen LogP contribution in [0, 0.1) is 17.9 Å². The first-order chi connectivity index (χ1) is 32.6. The second-order valence-corrected chi connectivity index (χ2v) is 15.5. The van der Waals surface area contributed by atoms with Crippen molar-refractivity contribution in [3.63, 3.8) is 0 Å². The van der Waals surface area contributed by atoms with Crippen LogP contribution >= 0.6 is 0 Å². The Bertz CT molecular complexity index is 3750. The van der Waals surface area contributed by atoms with E-state index in [9.17, 15) is 5.26 Å². The molecule has 0 amide bonds. The molecule has 6 heterocycles. The van der Waals surface area contributed by atoms with Crippen molar-refractivity contribution < 1.29 is 0 Å². The molecule has 0 atom stereocenters. The van der Waals surface area contributed by atoms with Gasteiger partial charge in [-0.05, 0) is 126 Å². The third-order valence-corrected chi connectivity index (χ3v) is 11.8. The summed E-state index contributed by atoms with van der Waals surface area (Å²) in [5, 5.41) is 13.8. The Balaban J connectivity index is 1.19. The number of nitriles is 1. The van der Waals surface area contributed by atoms with Crippen LogP contribution in [0.1, 0.15) is 5.56 Å². The number of nitrogens with zero attached hydrogens (tertiary/aromatic N) is 12. The molecule has 0 spiro atoms. The third-order valence-electron chi connectivity index (χ3n) is 11.8. The molecule has 6 aromatic carbocycles. The van der Waals surface area contributed by atoms with Crippen LogP contribution in [0.15, 0.2) is 183 Å². The van der Waals surface area contributed by atoms with Gasteiger partial charge in [0.25, 0.3) is 0 Å². The quantitative estimate of drug-likeness (QED) is 0.143. The summed E-state index contributed by atoms with van der Waals surface area (Å²) in [4.78, 5) is 41.0. The lowest BCUT2D eigenvalue weighted by molar-refractivity contribution is 1.14. The van der Waals surface area contributed by atoms with Crippen molar-refractivity contribution in [2.45, 2.75) is 0 Å². The van der Waals surface area contributed by atoms with Gasteiger partial charge in [-0.1, -0.05) is 18.2 Å². The van der Waals surface area contributed by atoms with Gasteiger partial charge < -0.3 is 9.13 Å². The van der Waals surface area contributed by atoms with Crippen LogP contribution in [-0.4, -0.2) is 49.0 Å². The van der Waals surface area contributed by atoms with Gasteiger partial charge in [0.05, 0.1) is 51.6 Å². The number of hydrogen-bond donors (Lipinski definition) is 0. The zero-order valence-corrected chi connectivity index (χ0v) is 34.7. The molecule has 306 valence electrons. The van der Waals surface area contributed by atoms with E-state index in [4.69, 9.17) is 6.57 Å². The molecule has 12 aromatic rings. The second-order valence-electron chi connectivity index (χ2n) is 15.5. The second kappa shape index (κ2) is 15.5. The molecule has 0 aliphatic rings. The van der Waals surface area contributed by atoms with Crippen LogP contribution < -0.4 is 0 Å². The third kappa shape index (κ3) is 6.21. The van der Waals surface area contributed by atoms with Gasteiger partial charge in [0.2, 0.25) is 5.69 Å². The summed E-state index contributed by atoms with van der Waals surface area (Å²) in [6, 6.07) is 45.8. The van der Waals surface area contributed by atoms with Gasteiger partial charge in [-0.15, -0.1) is 0 Å². The predicted octanol–water partition coefficient (Wildman–Crippen LogP) is 11.8. The summed E-state index contributed by atoms with van der Waals surface area (Å²) in [6.07, 6.45) is 13.9. The molecule has 0 radical (unpaired) electrons. The largest absolute Gasteiger partial charge is 0.319 e. The van der Waals surface area contributed by atoms with Gasteiger partial charge >= 0.3 is 0 Å². The van der Waals surface area contributed by atoms with Crippen molar-refractivity contribution in [1.82, 2.24) is 49.0 Å². The summed E-state index contributed by atoms with van der Waals surface area (Å²) < 4.78 is 4.33. The fourth-order valence-corrected chi connectivity index (χ4v) is 8.97. The Morgan fingerprint density at radius 3 is 1.18 bits per heavy atom. The smallest absolute Gasteiger partial charge is 0.234 e. The molecular weight excluding hydrogens is 817 g/mol. The minimum absolute atomic E-state index is 0.407. The SMILES string of the molecule is [C-]#[N+]c1c(-n2c3ccc(-c4ncccn4)cc3c3cc(-c4ncccn4)ccc32)ccc(-c2cccc(C#N)c2)c1-n1c2ccc(-c3ncccn3)cc2c2cc(-c3ncccn3)ccc21. The Kier molecular flexibility index (Phi) is 8.93. The average Bonchev–Trinajstić information content (AvgIpc) is 3.90. The maximum Gasteiger partial charge on any atom is 0.234 e. The summed E-state index contributed by atoms with van der Waals surface area (Å²) in [6.45, 7) is 9.17. The van der Waals surface area contributed by atoms with Crippen molar-refractivity contribution in [2.75, 3.05) is 0 Å². The Hall–Kier alpha value is -9.78. The lowest BCUT2D eigenvalue weighted by atomic mass is 9.99. The van der Waals surface area contributed by atoms with Gasteiger partial charge in [0, 0.05) is 93.4 Å². The first kappa shape index (κ1) is 37.9. The predicted molar refractivity (Wildman–Crippen MR) is 256 cm³/mol. The van der Waals surface area contributed by atoms with E-state index < -0.39 is 0 Å². The standard InChI is InChI=1S/C54H30N12/c1-56-49-48(65-44-14-9-35(51-57-19-3-20-58-51)28-40(44)41-29-36(10-15-45(41)65)52-59-21-4-22-60-52)18-13-39(34-8-2-7-33(27-34)32-55)50(49)66-46-16-11-37(53-61-23-5-24-62-53)30-42(46)43-31-38(12-17-47(43)66)54-63-25-6-26-64-54/h2-31H. The Labute approximate surface area is 376 Å². The zero-order chi connectivity index (χ0) is 44.1. The molecule has 0 unspecified atom stereocenters. The highest BCUT2D eigenvalue weighted by molar-refractivity contribution is 6.14. The molecule has 0 saturated carbocycles. The van der Waals surface area contributed by atoms with Crippen molar-refractivity contribution in [3.05, 3.63) is 200 Å². The van der Waals surface area contributed by atoms with Gasteiger partial charge in [-0.2, -0.15) is 5.26 Å². The molecule has 66 heavy (non-hydrogen) atoms. The van der Waals surface area contributed by atoms with Crippen molar-refractivity contribution in [3.8, 4) is 74.1 Å². The first-order valence-corrected chi connectivity index (χ1v) is 21.0. The van der Waals surface area contributed by atoms with Crippen molar-refractivity contribution >= 4 is 49.3 Å². The lowest BCUT2D eigenvalue weighted by Crippen LogP contribution is -2.03. The maximum absolute atomic E-state index is 10.1. The highest BCUT2D eigenvalue weighted by Crippen LogP contribution is 2.47. The molecule has 0 N–H and O–H groups in total. The van der Waals surface area contributed by atoms with E-state index in [1.807, 2.05) is 48.5 Å². The van der Waals surface area contributed by atoms with E-state index in [2.05, 4.69) is 115 Å². The van der Waals surface area contributed by atoms with Gasteiger partial charge in [0.15, 0.2) is 23.3 Å². The van der Waals surface area contributed by atoms with E-state index in [1.54, 1.807) is 79.9 Å². The number of benzene rings is 6. The number of aromatic nitrogens is 10. The van der Waals surface area contributed by atoms with Gasteiger partial charge in [-0.25, -0.2) is 44.7 Å². The lowest BCUT2D eigenvalue weighted by Gasteiger charge is -2.20. The molecule has 12 heteroatoms. The number of fused-ring (bicyclic) bond motifs is 6. The van der Waals surface area contributed by atoms with Crippen LogP contribution in [0.5, 0.6) is 0 Å². The van der Waals surface area contributed by atoms with Crippen molar-refractivity contribution in [1.29, 1.82) is 5.26 Å². The molecule has 6 aromatic heterocycles. The topological polar surface area (TPSA) is 141 Å². The van der Waals surface area contributed by atoms with E-state index >= 15 is 0 Å². The van der Waals surface area contributed by atoms with Crippen molar-refractivity contribution in [2.24, 2.45) is 0 Å². The van der Waals surface area contributed by atoms with Crippen LogP contribution in [-0.2, 0) is 0 Å². The zero-order valence-electron chi connectivity index (χ0n) is 34.7. The van der Waals surface area contributed by atoms with E-state index in [-0.39, 0.29) is 0 Å². The summed E-state index contributed by atoms with van der Waals surface area (Å²) >= 11 is 0. The Morgan fingerprint density at radius 1 is 0.409 bits per heavy atom. The monoisotopic (exact) mass is 846 g/mol. The maximum atomic E-state index is 10.1. The minimum atomic E-state index is 0.407. The molecule has 0 saturated heterocycles. The first-order valence-electron chi connectivity index (χ1n) is 21.0. The Morgan fingerprint density at radius 2 is 0.803 bits per heavy atom. The fraction of sp³-hybridized carbons (Fsp3) is 0. The molecule has 0 fully saturated rings. The highest BCUT2D eigenvalue weighted by atomic mass is 15.1. The average molecular weight is 847 g/mol.